The van der Waals surface area contributed by atoms with Crippen LogP contribution in [-0.4, -0.2) is 36.2 Å². The molecule has 2 atom stereocenters. The van der Waals surface area contributed by atoms with E-state index in [9.17, 15) is 4.79 Å². The Morgan fingerprint density at radius 3 is 2.52 bits per heavy atom. The van der Waals surface area contributed by atoms with Crippen LogP contribution in [0.1, 0.15) is 60.3 Å². The summed E-state index contributed by atoms with van der Waals surface area (Å²) in [6.07, 6.45) is 4.02. The van der Waals surface area contributed by atoms with Crippen LogP contribution in [0, 0.1) is 16.7 Å². The number of rotatable bonds is 3. The van der Waals surface area contributed by atoms with Crippen LogP contribution in [0.2, 0.25) is 0 Å². The van der Waals surface area contributed by atoms with Gasteiger partial charge in [0.1, 0.15) is 5.60 Å². The molecule has 1 aliphatic carbocycles. The van der Waals surface area contributed by atoms with Gasteiger partial charge in [0.2, 0.25) is 0 Å². The number of nitrogens with two attached hydrogens (primary N) is 1. The molecule has 1 saturated carbocycles. The molecule has 1 saturated heterocycles. The number of hydrogen-bond acceptors (Lipinski definition) is 3. The first-order valence-corrected chi connectivity index (χ1v) is 8.29. The normalized spacial score (nSPS) is 33.9. The molecule has 0 aromatic rings. The fraction of sp³-hybridized carbons (Fsp3) is 0.941. The lowest BCUT2D eigenvalue weighted by Crippen LogP contribution is -2.50. The highest BCUT2D eigenvalue weighted by atomic mass is 16.6. The minimum absolute atomic E-state index is 0.0994. The molecular weight excluding hydrogens is 264 g/mol. The van der Waals surface area contributed by atoms with Gasteiger partial charge in [0.15, 0.2) is 0 Å². The van der Waals surface area contributed by atoms with Gasteiger partial charge >= 0.3 is 6.09 Å². The average molecular weight is 296 g/mol. The molecule has 2 aliphatic rings. The van der Waals surface area contributed by atoms with Crippen LogP contribution in [0.3, 0.4) is 0 Å². The van der Waals surface area contributed by atoms with Gasteiger partial charge in [0.25, 0.3) is 0 Å². The Balaban J connectivity index is 2.15. The highest BCUT2D eigenvalue weighted by Crippen LogP contribution is 2.49. The van der Waals surface area contributed by atoms with E-state index in [4.69, 9.17) is 10.5 Å². The Kier molecular flexibility index (Phi) is 4.31. The van der Waals surface area contributed by atoms with E-state index in [2.05, 4.69) is 34.6 Å². The van der Waals surface area contributed by atoms with Crippen molar-refractivity contribution in [2.45, 2.75) is 65.9 Å². The molecule has 4 heteroatoms. The molecule has 0 radical (unpaired) electrons. The second-order valence-corrected chi connectivity index (χ2v) is 8.72. The third-order valence-corrected chi connectivity index (χ3v) is 5.32. The minimum atomic E-state index is -0.301. The maximum absolute atomic E-state index is 12.3. The van der Waals surface area contributed by atoms with Gasteiger partial charge in [-0.25, -0.2) is 4.79 Å². The number of hydrogen-bond donors (Lipinski definition) is 1. The number of ether oxygens (including phenoxy) is 1. The van der Waals surface area contributed by atoms with Crippen LogP contribution in [-0.2, 0) is 4.74 Å². The molecule has 2 N–H and O–H groups in total. The van der Waals surface area contributed by atoms with Gasteiger partial charge in [-0.2, -0.15) is 0 Å². The van der Waals surface area contributed by atoms with Crippen molar-refractivity contribution in [2.75, 3.05) is 19.6 Å². The van der Waals surface area contributed by atoms with Gasteiger partial charge < -0.3 is 15.4 Å². The summed E-state index contributed by atoms with van der Waals surface area (Å²) in [4.78, 5) is 14.2. The molecule has 1 amide bonds. The van der Waals surface area contributed by atoms with Crippen LogP contribution < -0.4 is 5.73 Å². The Morgan fingerprint density at radius 1 is 1.33 bits per heavy atom. The second-order valence-electron chi connectivity index (χ2n) is 8.72. The van der Waals surface area contributed by atoms with E-state index in [1.807, 2.05) is 4.90 Å². The molecule has 122 valence electrons. The van der Waals surface area contributed by atoms with Crippen LogP contribution in [0.4, 0.5) is 4.79 Å². The number of carbonyl (C=O) groups excluding carboxylic acids is 1. The number of carbonyl (C=O) groups is 1. The summed E-state index contributed by atoms with van der Waals surface area (Å²) >= 11 is 0. The van der Waals surface area contributed by atoms with Crippen molar-refractivity contribution in [3.63, 3.8) is 0 Å². The van der Waals surface area contributed by atoms with Crippen LogP contribution in [0.5, 0.6) is 0 Å². The number of amides is 1. The summed E-state index contributed by atoms with van der Waals surface area (Å²) in [5.41, 5.74) is 6.03. The minimum Gasteiger partial charge on any atom is -0.441 e. The first-order valence-electron chi connectivity index (χ1n) is 8.29. The van der Waals surface area contributed by atoms with Crippen molar-refractivity contribution in [3.8, 4) is 0 Å². The van der Waals surface area contributed by atoms with E-state index in [0.29, 0.717) is 12.5 Å². The first kappa shape index (κ1) is 16.6. The summed E-state index contributed by atoms with van der Waals surface area (Å²) in [5.74, 6) is 0.523. The smallest absolute Gasteiger partial charge is 0.410 e. The fourth-order valence-electron chi connectivity index (χ4n) is 4.09. The van der Waals surface area contributed by atoms with Gasteiger partial charge in [0, 0.05) is 6.54 Å². The third-order valence-electron chi connectivity index (χ3n) is 5.32. The van der Waals surface area contributed by atoms with Crippen molar-refractivity contribution in [2.24, 2.45) is 22.5 Å². The third kappa shape index (κ3) is 3.36. The lowest BCUT2D eigenvalue weighted by atomic mass is 9.62. The molecule has 2 rings (SSSR count). The molecular formula is C17H32N2O2. The van der Waals surface area contributed by atoms with E-state index in [-0.39, 0.29) is 22.5 Å². The summed E-state index contributed by atoms with van der Waals surface area (Å²) in [5, 5.41) is 0. The predicted molar refractivity (Wildman–Crippen MR) is 85.0 cm³/mol. The van der Waals surface area contributed by atoms with Crippen molar-refractivity contribution in [1.29, 1.82) is 0 Å². The molecule has 0 bridgehead atoms. The lowest BCUT2D eigenvalue weighted by molar-refractivity contribution is -0.0420. The zero-order valence-electron chi connectivity index (χ0n) is 14.4. The molecule has 0 aromatic heterocycles. The molecule has 1 aliphatic heterocycles. The molecule has 0 aromatic carbocycles. The molecule has 1 spiro atoms. The summed E-state index contributed by atoms with van der Waals surface area (Å²) in [6, 6.07) is 0. The Bertz CT molecular complexity index is 402. The highest BCUT2D eigenvalue weighted by molar-refractivity contribution is 5.70. The van der Waals surface area contributed by atoms with Gasteiger partial charge in [-0.05, 0) is 49.0 Å². The van der Waals surface area contributed by atoms with Crippen molar-refractivity contribution in [3.05, 3.63) is 0 Å². The Morgan fingerprint density at radius 2 is 2.00 bits per heavy atom. The fourth-order valence-corrected chi connectivity index (χ4v) is 4.09. The lowest BCUT2D eigenvalue weighted by Gasteiger charge is -2.47. The quantitative estimate of drug-likeness (QED) is 0.868. The second kappa shape index (κ2) is 5.45. The van der Waals surface area contributed by atoms with E-state index in [1.165, 1.54) is 0 Å². The van der Waals surface area contributed by atoms with Gasteiger partial charge in [-0.3, -0.25) is 0 Å². The predicted octanol–water partition coefficient (Wildman–Crippen LogP) is 3.40. The monoisotopic (exact) mass is 296 g/mol. The zero-order chi connectivity index (χ0) is 15.9. The van der Waals surface area contributed by atoms with Crippen molar-refractivity contribution >= 4 is 6.09 Å². The maximum Gasteiger partial charge on any atom is 0.410 e. The van der Waals surface area contributed by atoms with Gasteiger partial charge in [0.05, 0.1) is 6.54 Å². The Labute approximate surface area is 129 Å². The molecule has 21 heavy (non-hydrogen) atoms. The van der Waals surface area contributed by atoms with Crippen LogP contribution >= 0.6 is 0 Å². The van der Waals surface area contributed by atoms with Crippen LogP contribution in [0.15, 0.2) is 0 Å². The molecule has 2 unspecified atom stereocenters. The average Bonchev–Trinajstić information content (AvgIpc) is 2.62. The van der Waals surface area contributed by atoms with E-state index >= 15 is 0 Å². The Hall–Kier alpha value is -0.770. The summed E-state index contributed by atoms with van der Waals surface area (Å²) < 4.78 is 5.89. The highest BCUT2D eigenvalue weighted by Gasteiger charge is 2.53. The SMILES string of the molecule is CC(C)C1(CN)CCCC2(CN(CC(C)(C)C)C(=O)O2)C1. The van der Waals surface area contributed by atoms with E-state index in [1.54, 1.807) is 0 Å². The van der Waals surface area contributed by atoms with Gasteiger partial charge in [-0.1, -0.05) is 34.6 Å². The summed E-state index contributed by atoms with van der Waals surface area (Å²) in [7, 11) is 0. The van der Waals surface area contributed by atoms with E-state index in [0.717, 1.165) is 38.8 Å². The largest absolute Gasteiger partial charge is 0.441 e. The molecule has 2 fully saturated rings. The standard InChI is InChI=1S/C17H32N2O2/c1-13(2)16(10-18)7-6-8-17(9-16)12-19(14(20)21-17)11-15(3,4)5/h13H,6-12,18H2,1-5H3. The summed E-state index contributed by atoms with van der Waals surface area (Å²) in [6.45, 7) is 13.1. The van der Waals surface area contributed by atoms with Crippen molar-refractivity contribution in [1.82, 2.24) is 4.90 Å². The van der Waals surface area contributed by atoms with E-state index < -0.39 is 0 Å². The first-order chi connectivity index (χ1) is 9.61. The van der Waals surface area contributed by atoms with Gasteiger partial charge in [-0.15, -0.1) is 0 Å². The van der Waals surface area contributed by atoms with Crippen LogP contribution in [0.25, 0.3) is 0 Å². The number of nitrogens with zero attached hydrogens (tertiary/aromatic N) is 1. The maximum atomic E-state index is 12.3. The topological polar surface area (TPSA) is 55.6 Å². The molecule has 1 heterocycles. The zero-order valence-corrected chi connectivity index (χ0v) is 14.4. The molecule has 4 nitrogen and oxygen atoms in total. The van der Waals surface area contributed by atoms with Crippen molar-refractivity contribution < 1.29 is 9.53 Å².